The van der Waals surface area contributed by atoms with E-state index in [0.717, 1.165) is 0 Å². The molecule has 0 spiro atoms. The molecule has 2 aliphatic rings. The summed E-state index contributed by atoms with van der Waals surface area (Å²) in [5.41, 5.74) is 0.233. The number of ether oxygens (including phenoxy) is 3. The van der Waals surface area contributed by atoms with Gasteiger partial charge in [-0.3, -0.25) is 4.79 Å². The van der Waals surface area contributed by atoms with E-state index >= 15 is 0 Å². The van der Waals surface area contributed by atoms with Crippen molar-refractivity contribution in [2.75, 3.05) is 19.1 Å². The molecule has 7 nitrogen and oxygen atoms in total. The summed E-state index contributed by atoms with van der Waals surface area (Å²) in [5, 5.41) is 9.37. The third-order valence-electron chi connectivity index (χ3n) is 4.35. The fraction of sp³-hybridized carbons (Fsp3) is 0.400. The zero-order valence-corrected chi connectivity index (χ0v) is 12.3. The van der Waals surface area contributed by atoms with Gasteiger partial charge in [0.1, 0.15) is 5.75 Å². The van der Waals surface area contributed by atoms with E-state index in [9.17, 15) is 14.9 Å². The van der Waals surface area contributed by atoms with Gasteiger partial charge in [-0.2, -0.15) is 5.26 Å². The second-order valence-corrected chi connectivity index (χ2v) is 5.36. The number of nitrogens with zero attached hydrogens (tertiary/aromatic N) is 2. The van der Waals surface area contributed by atoms with Crippen LogP contribution in [0.15, 0.2) is 18.2 Å². The number of hydrogen-bond donors (Lipinski definition) is 0. The summed E-state index contributed by atoms with van der Waals surface area (Å²) in [6.07, 6.45) is -1.55. The van der Waals surface area contributed by atoms with E-state index in [2.05, 4.69) is 0 Å². The smallest absolute Gasteiger partial charge is 0.417 e. The van der Waals surface area contributed by atoms with Crippen LogP contribution in [0, 0.1) is 17.2 Å². The number of amides is 1. The minimum Gasteiger partial charge on any atom is -0.497 e. The Hall–Kier alpha value is -2.75. The number of nitriles is 1. The summed E-state index contributed by atoms with van der Waals surface area (Å²) in [6.45, 7) is 1.73. The summed E-state index contributed by atoms with van der Waals surface area (Å²) in [5.74, 6) is -1.07. The molecule has 1 unspecified atom stereocenters. The van der Waals surface area contributed by atoms with Crippen molar-refractivity contribution in [3.05, 3.63) is 23.8 Å². The highest BCUT2D eigenvalue weighted by molar-refractivity contribution is 5.96. The maximum atomic E-state index is 12.1. The van der Waals surface area contributed by atoms with Crippen molar-refractivity contribution in [1.29, 1.82) is 5.26 Å². The number of carbonyl (C=O) groups is 2. The minimum atomic E-state index is -1.00. The molecular weight excluding hydrogens is 288 g/mol. The van der Waals surface area contributed by atoms with Crippen molar-refractivity contribution >= 4 is 17.7 Å². The molecule has 0 radical (unpaired) electrons. The molecule has 1 aromatic carbocycles. The quantitative estimate of drug-likeness (QED) is 0.731. The van der Waals surface area contributed by atoms with Crippen LogP contribution in [-0.2, 0) is 19.7 Å². The normalized spacial score (nSPS) is 28.5. The van der Waals surface area contributed by atoms with Crippen LogP contribution >= 0.6 is 0 Å². The lowest BCUT2D eigenvalue weighted by Gasteiger charge is -2.26. The lowest BCUT2D eigenvalue weighted by molar-refractivity contribution is -0.142. The molecule has 7 heteroatoms. The van der Waals surface area contributed by atoms with Gasteiger partial charge in [0, 0.05) is 0 Å². The predicted octanol–water partition coefficient (Wildman–Crippen LogP) is 1.56. The number of fused-ring (bicyclic) bond motifs is 3. The standard InChI is InChI=1S/C15H14N2O5/c1-15-9-6-8(20-2)4-5-11(9)17(14(19)21-3)13(15)22-12(18)10(15)7-16/h4-6,10,13H,1-3H3/t10?,13-,15+/m0/s1. The maximum Gasteiger partial charge on any atom is 0.417 e. The predicted molar refractivity (Wildman–Crippen MR) is 74.2 cm³/mol. The highest BCUT2D eigenvalue weighted by atomic mass is 16.6. The Bertz CT molecular complexity index is 710. The summed E-state index contributed by atoms with van der Waals surface area (Å²) < 4.78 is 15.3. The van der Waals surface area contributed by atoms with Crippen LogP contribution in [0.2, 0.25) is 0 Å². The lowest BCUT2D eigenvalue weighted by atomic mass is 9.74. The van der Waals surface area contributed by atoms with E-state index in [0.29, 0.717) is 17.0 Å². The molecule has 1 aromatic rings. The van der Waals surface area contributed by atoms with Gasteiger partial charge in [0.15, 0.2) is 12.1 Å². The largest absolute Gasteiger partial charge is 0.497 e. The van der Waals surface area contributed by atoms with E-state index < -0.39 is 29.6 Å². The fourth-order valence-electron chi connectivity index (χ4n) is 3.19. The van der Waals surface area contributed by atoms with Crippen LogP contribution in [0.25, 0.3) is 0 Å². The van der Waals surface area contributed by atoms with E-state index in [-0.39, 0.29) is 0 Å². The molecule has 3 atom stereocenters. The fourth-order valence-corrected chi connectivity index (χ4v) is 3.19. The second-order valence-electron chi connectivity index (χ2n) is 5.36. The number of carbonyl (C=O) groups excluding carboxylic acids is 2. The molecule has 0 aliphatic carbocycles. The topological polar surface area (TPSA) is 88.9 Å². The second kappa shape index (κ2) is 4.63. The van der Waals surface area contributed by atoms with Crippen LogP contribution in [-0.4, -0.2) is 32.5 Å². The third kappa shape index (κ3) is 1.55. The summed E-state index contributed by atoms with van der Waals surface area (Å²) in [6, 6.07) is 7.10. The van der Waals surface area contributed by atoms with Gasteiger partial charge >= 0.3 is 12.1 Å². The first kappa shape index (κ1) is 14.2. The highest BCUT2D eigenvalue weighted by Gasteiger charge is 2.64. The van der Waals surface area contributed by atoms with Gasteiger partial charge < -0.3 is 14.2 Å². The van der Waals surface area contributed by atoms with Crippen LogP contribution in [0.5, 0.6) is 5.75 Å². The average molecular weight is 302 g/mol. The van der Waals surface area contributed by atoms with Crippen LogP contribution in [0.1, 0.15) is 12.5 Å². The minimum absolute atomic E-state index is 0.549. The molecular formula is C15H14N2O5. The summed E-state index contributed by atoms with van der Waals surface area (Å²) in [7, 11) is 2.77. The van der Waals surface area contributed by atoms with Crippen molar-refractivity contribution in [3.8, 4) is 11.8 Å². The Morgan fingerprint density at radius 3 is 2.77 bits per heavy atom. The van der Waals surface area contributed by atoms with Crippen molar-refractivity contribution in [1.82, 2.24) is 0 Å². The van der Waals surface area contributed by atoms with E-state index in [1.165, 1.54) is 19.1 Å². The Balaban J connectivity index is 2.24. The Morgan fingerprint density at radius 1 is 1.45 bits per heavy atom. The van der Waals surface area contributed by atoms with Gasteiger partial charge in [-0.25, -0.2) is 9.69 Å². The van der Waals surface area contributed by atoms with Crippen molar-refractivity contribution < 1.29 is 23.8 Å². The number of rotatable bonds is 1. The molecule has 0 bridgehead atoms. The average Bonchev–Trinajstić information content (AvgIpc) is 2.91. The molecule has 0 N–H and O–H groups in total. The number of anilines is 1. The van der Waals surface area contributed by atoms with Gasteiger partial charge in [-0.1, -0.05) is 0 Å². The van der Waals surface area contributed by atoms with Gasteiger partial charge in [0.2, 0.25) is 0 Å². The molecule has 1 amide bonds. The number of benzene rings is 1. The lowest BCUT2D eigenvalue weighted by Crippen LogP contribution is -2.45. The molecule has 0 saturated carbocycles. The number of methoxy groups -OCH3 is 2. The molecule has 22 heavy (non-hydrogen) atoms. The van der Waals surface area contributed by atoms with E-state index in [1.807, 2.05) is 6.07 Å². The molecule has 114 valence electrons. The molecule has 0 aromatic heterocycles. The Kier molecular flexibility index (Phi) is 2.99. The van der Waals surface area contributed by atoms with E-state index in [1.54, 1.807) is 25.1 Å². The van der Waals surface area contributed by atoms with Crippen molar-refractivity contribution in [2.45, 2.75) is 18.6 Å². The van der Waals surface area contributed by atoms with Gasteiger partial charge in [-0.05, 0) is 30.7 Å². The molecule has 2 aliphatic heterocycles. The van der Waals surface area contributed by atoms with Crippen LogP contribution in [0.3, 0.4) is 0 Å². The van der Waals surface area contributed by atoms with E-state index in [4.69, 9.17) is 14.2 Å². The van der Waals surface area contributed by atoms with Crippen LogP contribution in [0.4, 0.5) is 10.5 Å². The molecule has 3 rings (SSSR count). The first-order valence-corrected chi connectivity index (χ1v) is 6.64. The highest BCUT2D eigenvalue weighted by Crippen LogP contribution is 2.54. The van der Waals surface area contributed by atoms with Gasteiger partial charge in [0.05, 0.1) is 31.4 Å². The third-order valence-corrected chi connectivity index (χ3v) is 4.35. The molecule has 1 fully saturated rings. The monoisotopic (exact) mass is 302 g/mol. The maximum absolute atomic E-state index is 12.1. The zero-order valence-electron chi connectivity index (χ0n) is 12.3. The Morgan fingerprint density at radius 2 is 2.18 bits per heavy atom. The molecule has 1 saturated heterocycles. The first-order chi connectivity index (χ1) is 10.5. The number of esters is 1. The van der Waals surface area contributed by atoms with Crippen molar-refractivity contribution in [3.63, 3.8) is 0 Å². The van der Waals surface area contributed by atoms with Gasteiger partial charge in [-0.15, -0.1) is 0 Å². The van der Waals surface area contributed by atoms with Crippen molar-refractivity contribution in [2.24, 2.45) is 5.92 Å². The van der Waals surface area contributed by atoms with Crippen LogP contribution < -0.4 is 9.64 Å². The van der Waals surface area contributed by atoms with Gasteiger partial charge in [0.25, 0.3) is 0 Å². The summed E-state index contributed by atoms with van der Waals surface area (Å²) in [4.78, 5) is 25.4. The SMILES string of the molecule is COC(=O)N1c2ccc(OC)cc2[C@]2(C)C(C#N)C(=O)O[C@H]12. The molecule has 2 heterocycles. The summed E-state index contributed by atoms with van der Waals surface area (Å²) >= 11 is 0. The first-order valence-electron chi connectivity index (χ1n) is 6.64. The zero-order chi connectivity index (χ0) is 16.1. The Labute approximate surface area is 127 Å². The number of hydrogen-bond acceptors (Lipinski definition) is 6.